The fraction of sp³-hybridized carbons (Fsp3) is 0.462. The van der Waals surface area contributed by atoms with Crippen molar-refractivity contribution in [1.29, 1.82) is 0 Å². The highest BCUT2D eigenvalue weighted by Gasteiger charge is 2.10. The highest BCUT2D eigenvalue weighted by molar-refractivity contribution is 7.22. The number of nitrogens with zero attached hydrogens (tertiary/aromatic N) is 2. The van der Waals surface area contributed by atoms with Crippen molar-refractivity contribution in [1.82, 2.24) is 9.88 Å². The standard InChI is InChI=1S/C13H17N3OS/c14-13-15-11-2-1-10(9-12(11)18-13)3-4-16-5-7-17-8-6-16/h1-2,9H,3-8H2,(H2,14,15). The molecule has 3 rings (SSSR count). The second-order valence-electron chi connectivity index (χ2n) is 4.56. The molecule has 2 aromatic rings. The predicted octanol–water partition coefficient (Wildman–Crippen LogP) is 1.75. The van der Waals surface area contributed by atoms with Gasteiger partial charge in [0.2, 0.25) is 0 Å². The van der Waals surface area contributed by atoms with Crippen molar-refractivity contribution in [2.24, 2.45) is 0 Å². The molecule has 1 aliphatic heterocycles. The smallest absolute Gasteiger partial charge is 0.181 e. The Balaban J connectivity index is 1.66. The summed E-state index contributed by atoms with van der Waals surface area (Å²) >= 11 is 1.56. The van der Waals surface area contributed by atoms with Crippen molar-refractivity contribution in [3.8, 4) is 0 Å². The first-order valence-corrected chi connectivity index (χ1v) is 7.08. The maximum atomic E-state index is 5.72. The molecule has 5 heteroatoms. The summed E-state index contributed by atoms with van der Waals surface area (Å²) in [5, 5.41) is 0.648. The monoisotopic (exact) mass is 263 g/mol. The zero-order valence-electron chi connectivity index (χ0n) is 10.3. The highest BCUT2D eigenvalue weighted by Crippen LogP contribution is 2.24. The van der Waals surface area contributed by atoms with Gasteiger partial charge in [-0.1, -0.05) is 17.4 Å². The van der Waals surface area contributed by atoms with Crippen molar-refractivity contribution in [3.05, 3.63) is 23.8 Å². The van der Waals surface area contributed by atoms with Crippen LogP contribution in [0.15, 0.2) is 18.2 Å². The van der Waals surface area contributed by atoms with Gasteiger partial charge in [-0.25, -0.2) is 4.98 Å². The summed E-state index contributed by atoms with van der Waals surface area (Å²) in [5.41, 5.74) is 8.08. The van der Waals surface area contributed by atoms with E-state index in [1.807, 2.05) is 0 Å². The van der Waals surface area contributed by atoms with Crippen LogP contribution in [0.1, 0.15) is 5.56 Å². The molecule has 0 aliphatic carbocycles. The molecule has 0 radical (unpaired) electrons. The molecule has 0 atom stereocenters. The fourth-order valence-corrected chi connectivity index (χ4v) is 3.05. The largest absolute Gasteiger partial charge is 0.379 e. The number of hydrogen-bond acceptors (Lipinski definition) is 5. The Kier molecular flexibility index (Phi) is 3.45. The average Bonchev–Trinajstić information content (AvgIpc) is 2.77. The lowest BCUT2D eigenvalue weighted by Crippen LogP contribution is -2.37. The number of nitrogen functional groups attached to an aromatic ring is 1. The first-order valence-electron chi connectivity index (χ1n) is 6.26. The van der Waals surface area contributed by atoms with E-state index in [0.29, 0.717) is 5.13 Å². The van der Waals surface area contributed by atoms with Crippen LogP contribution in [0.5, 0.6) is 0 Å². The van der Waals surface area contributed by atoms with Crippen molar-refractivity contribution in [3.63, 3.8) is 0 Å². The Hall–Kier alpha value is -1.17. The van der Waals surface area contributed by atoms with E-state index in [1.54, 1.807) is 11.3 Å². The normalized spacial score (nSPS) is 17.3. The van der Waals surface area contributed by atoms with Gasteiger partial charge < -0.3 is 10.5 Å². The molecule has 1 aromatic heterocycles. The summed E-state index contributed by atoms with van der Waals surface area (Å²) in [4.78, 5) is 6.73. The van der Waals surface area contributed by atoms with Gasteiger partial charge in [0.1, 0.15) is 0 Å². The zero-order valence-corrected chi connectivity index (χ0v) is 11.1. The molecule has 1 fully saturated rings. The summed E-state index contributed by atoms with van der Waals surface area (Å²) < 4.78 is 6.54. The molecule has 2 heterocycles. The van der Waals surface area contributed by atoms with E-state index in [4.69, 9.17) is 10.5 Å². The lowest BCUT2D eigenvalue weighted by Gasteiger charge is -2.26. The number of anilines is 1. The molecule has 1 aliphatic rings. The molecule has 4 nitrogen and oxygen atoms in total. The summed E-state index contributed by atoms with van der Waals surface area (Å²) in [6.07, 6.45) is 1.08. The minimum Gasteiger partial charge on any atom is -0.379 e. The Morgan fingerprint density at radius 3 is 3.00 bits per heavy atom. The van der Waals surface area contributed by atoms with Crippen molar-refractivity contribution in [2.75, 3.05) is 38.6 Å². The topological polar surface area (TPSA) is 51.4 Å². The molecule has 0 unspecified atom stereocenters. The lowest BCUT2D eigenvalue weighted by atomic mass is 10.1. The number of rotatable bonds is 3. The number of nitrogens with two attached hydrogens (primary N) is 1. The van der Waals surface area contributed by atoms with E-state index < -0.39 is 0 Å². The fourth-order valence-electron chi connectivity index (χ4n) is 2.25. The van der Waals surface area contributed by atoms with Gasteiger partial charge in [-0.2, -0.15) is 0 Å². The van der Waals surface area contributed by atoms with E-state index in [2.05, 4.69) is 28.1 Å². The number of aromatic nitrogens is 1. The van der Waals surface area contributed by atoms with Crippen molar-refractivity contribution < 1.29 is 4.74 Å². The predicted molar refractivity (Wildman–Crippen MR) is 75.0 cm³/mol. The molecule has 96 valence electrons. The molecule has 0 amide bonds. The van der Waals surface area contributed by atoms with Crippen LogP contribution < -0.4 is 5.73 Å². The molecular formula is C13H17N3OS. The van der Waals surface area contributed by atoms with Gasteiger partial charge >= 0.3 is 0 Å². The molecule has 0 bridgehead atoms. The van der Waals surface area contributed by atoms with Gasteiger partial charge in [0.25, 0.3) is 0 Å². The molecule has 1 saturated heterocycles. The Labute approximate surface area is 110 Å². The molecule has 0 spiro atoms. The maximum Gasteiger partial charge on any atom is 0.181 e. The highest BCUT2D eigenvalue weighted by atomic mass is 32.1. The molecule has 0 saturated carbocycles. The van der Waals surface area contributed by atoms with Crippen LogP contribution >= 0.6 is 11.3 Å². The Morgan fingerprint density at radius 2 is 2.17 bits per heavy atom. The van der Waals surface area contributed by atoms with E-state index in [0.717, 1.165) is 44.8 Å². The zero-order chi connectivity index (χ0) is 12.4. The molecular weight excluding hydrogens is 246 g/mol. The molecule has 1 aromatic carbocycles. The summed E-state index contributed by atoms with van der Waals surface area (Å²) in [5.74, 6) is 0. The quantitative estimate of drug-likeness (QED) is 0.916. The number of morpholine rings is 1. The van der Waals surface area contributed by atoms with Gasteiger partial charge in [0.05, 0.1) is 23.4 Å². The number of hydrogen-bond donors (Lipinski definition) is 1. The SMILES string of the molecule is Nc1nc2ccc(CCN3CCOCC3)cc2s1. The van der Waals surface area contributed by atoms with Crippen LogP contribution in [0, 0.1) is 0 Å². The number of ether oxygens (including phenoxy) is 1. The van der Waals surface area contributed by atoms with Crippen LogP contribution in [-0.2, 0) is 11.2 Å². The Morgan fingerprint density at radius 1 is 1.33 bits per heavy atom. The third-order valence-corrected chi connectivity index (χ3v) is 4.14. The second kappa shape index (κ2) is 5.22. The van der Waals surface area contributed by atoms with Gasteiger partial charge in [-0.05, 0) is 24.1 Å². The first-order chi connectivity index (χ1) is 8.81. The first kappa shape index (κ1) is 11.9. The van der Waals surface area contributed by atoms with Crippen LogP contribution in [0.2, 0.25) is 0 Å². The number of fused-ring (bicyclic) bond motifs is 1. The average molecular weight is 263 g/mol. The molecule has 18 heavy (non-hydrogen) atoms. The maximum absolute atomic E-state index is 5.72. The van der Waals surface area contributed by atoms with Crippen molar-refractivity contribution >= 4 is 26.7 Å². The van der Waals surface area contributed by atoms with Crippen LogP contribution in [0.3, 0.4) is 0 Å². The third kappa shape index (κ3) is 2.63. The van der Waals surface area contributed by atoms with Crippen molar-refractivity contribution in [2.45, 2.75) is 6.42 Å². The van der Waals surface area contributed by atoms with Crippen LogP contribution in [-0.4, -0.2) is 42.7 Å². The van der Waals surface area contributed by atoms with Crippen LogP contribution in [0.25, 0.3) is 10.2 Å². The third-order valence-electron chi connectivity index (χ3n) is 3.29. The van der Waals surface area contributed by atoms with Gasteiger partial charge in [-0.3, -0.25) is 4.90 Å². The summed E-state index contributed by atoms with van der Waals surface area (Å²) in [7, 11) is 0. The summed E-state index contributed by atoms with van der Waals surface area (Å²) in [6, 6.07) is 6.43. The van der Waals surface area contributed by atoms with E-state index >= 15 is 0 Å². The summed E-state index contributed by atoms with van der Waals surface area (Å²) in [6.45, 7) is 4.93. The van der Waals surface area contributed by atoms with E-state index in [9.17, 15) is 0 Å². The molecule has 2 N–H and O–H groups in total. The second-order valence-corrected chi connectivity index (χ2v) is 5.62. The van der Waals surface area contributed by atoms with Crippen LogP contribution in [0.4, 0.5) is 5.13 Å². The minimum absolute atomic E-state index is 0.648. The van der Waals surface area contributed by atoms with Gasteiger partial charge in [0.15, 0.2) is 5.13 Å². The van der Waals surface area contributed by atoms with E-state index in [1.165, 1.54) is 10.3 Å². The lowest BCUT2D eigenvalue weighted by molar-refractivity contribution is 0.0384. The van der Waals surface area contributed by atoms with Gasteiger partial charge in [-0.15, -0.1) is 0 Å². The number of benzene rings is 1. The van der Waals surface area contributed by atoms with E-state index in [-0.39, 0.29) is 0 Å². The Bertz CT molecular complexity index is 534. The van der Waals surface area contributed by atoms with Gasteiger partial charge in [0, 0.05) is 19.6 Å². The minimum atomic E-state index is 0.648. The number of thiazole rings is 1.